The molecule has 1 heterocycles. The Morgan fingerprint density at radius 3 is 2.92 bits per heavy atom. The minimum atomic E-state index is -0.521. The summed E-state index contributed by atoms with van der Waals surface area (Å²) in [6.07, 6.45) is 0.664. The Balaban J connectivity index is 2.82. The minimum Gasteiger partial charge on any atom is -0.469 e. The molecule has 0 aromatic heterocycles. The van der Waals surface area contributed by atoms with Crippen molar-refractivity contribution < 1.29 is 14.3 Å². The van der Waals surface area contributed by atoms with Crippen LogP contribution in [0.4, 0.5) is 0 Å². The van der Waals surface area contributed by atoms with Gasteiger partial charge < -0.3 is 15.2 Å². The monoisotopic (exact) mass is 187 g/mol. The molecule has 0 saturated carbocycles. The van der Waals surface area contributed by atoms with Crippen LogP contribution >= 0.6 is 0 Å². The van der Waals surface area contributed by atoms with Gasteiger partial charge >= 0.3 is 5.97 Å². The molecular weight excluding hydrogens is 170 g/mol. The third-order valence-electron chi connectivity index (χ3n) is 2.96. The van der Waals surface area contributed by atoms with Crippen LogP contribution in [0.3, 0.4) is 0 Å². The molecule has 0 aromatic carbocycles. The topological polar surface area (TPSA) is 61.5 Å². The lowest BCUT2D eigenvalue weighted by Crippen LogP contribution is -2.49. The summed E-state index contributed by atoms with van der Waals surface area (Å²) in [6, 6.07) is 0. The van der Waals surface area contributed by atoms with Crippen LogP contribution in [0.15, 0.2) is 0 Å². The van der Waals surface area contributed by atoms with Gasteiger partial charge in [0.25, 0.3) is 0 Å². The van der Waals surface area contributed by atoms with E-state index in [2.05, 4.69) is 0 Å². The van der Waals surface area contributed by atoms with Gasteiger partial charge in [0.05, 0.1) is 19.1 Å². The van der Waals surface area contributed by atoms with Crippen molar-refractivity contribution in [2.24, 2.45) is 17.1 Å². The molecule has 4 heteroatoms. The van der Waals surface area contributed by atoms with Crippen LogP contribution in [-0.2, 0) is 14.3 Å². The van der Waals surface area contributed by atoms with Crippen LogP contribution in [0.1, 0.15) is 13.3 Å². The maximum atomic E-state index is 11.6. The molecule has 1 saturated heterocycles. The maximum absolute atomic E-state index is 11.6. The van der Waals surface area contributed by atoms with Gasteiger partial charge in [0.1, 0.15) is 0 Å². The number of ether oxygens (including phenoxy) is 2. The SMILES string of the molecule is COC(=O)C1(CN)CCOC[C@H]1C. The minimum absolute atomic E-state index is 0.138. The van der Waals surface area contributed by atoms with Crippen molar-refractivity contribution in [3.05, 3.63) is 0 Å². The molecule has 1 unspecified atom stereocenters. The Hall–Kier alpha value is -0.610. The molecule has 2 atom stereocenters. The van der Waals surface area contributed by atoms with Crippen LogP contribution < -0.4 is 5.73 Å². The normalized spacial score (nSPS) is 34.2. The summed E-state index contributed by atoms with van der Waals surface area (Å²) >= 11 is 0. The first-order chi connectivity index (χ1) is 6.17. The predicted octanol–water partition coefficient (Wildman–Crippen LogP) is 0.161. The van der Waals surface area contributed by atoms with E-state index in [4.69, 9.17) is 15.2 Å². The highest BCUT2D eigenvalue weighted by Gasteiger charge is 2.45. The highest BCUT2D eigenvalue weighted by Crippen LogP contribution is 2.35. The Morgan fingerprint density at radius 1 is 1.77 bits per heavy atom. The molecule has 1 fully saturated rings. The van der Waals surface area contributed by atoms with Gasteiger partial charge in [0, 0.05) is 13.2 Å². The van der Waals surface area contributed by atoms with Gasteiger partial charge in [-0.2, -0.15) is 0 Å². The van der Waals surface area contributed by atoms with Crippen LogP contribution in [0.2, 0.25) is 0 Å². The molecule has 0 bridgehead atoms. The average Bonchev–Trinajstić information content (AvgIpc) is 2.18. The molecule has 4 nitrogen and oxygen atoms in total. The Labute approximate surface area is 78.4 Å². The standard InChI is InChI=1S/C9H17NO3/c1-7-5-13-4-3-9(7,6-10)8(11)12-2/h7H,3-6,10H2,1-2H3/t7-,9?/m1/s1. The highest BCUT2D eigenvalue weighted by molar-refractivity contribution is 5.77. The zero-order chi connectivity index (χ0) is 9.90. The summed E-state index contributed by atoms with van der Waals surface area (Å²) in [4.78, 5) is 11.6. The molecule has 1 aliphatic heterocycles. The molecule has 13 heavy (non-hydrogen) atoms. The number of hydrogen-bond donors (Lipinski definition) is 1. The fourth-order valence-corrected chi connectivity index (χ4v) is 1.81. The van der Waals surface area contributed by atoms with E-state index >= 15 is 0 Å². The predicted molar refractivity (Wildman–Crippen MR) is 48.1 cm³/mol. The summed E-state index contributed by atoms with van der Waals surface area (Å²) < 4.78 is 10.1. The first kappa shape index (κ1) is 10.5. The lowest BCUT2D eigenvalue weighted by Gasteiger charge is -2.38. The van der Waals surface area contributed by atoms with Gasteiger partial charge in [0.2, 0.25) is 0 Å². The highest BCUT2D eigenvalue weighted by atomic mass is 16.5. The molecule has 2 N–H and O–H groups in total. The van der Waals surface area contributed by atoms with Crippen molar-refractivity contribution in [3.63, 3.8) is 0 Å². The molecule has 76 valence electrons. The van der Waals surface area contributed by atoms with Crippen LogP contribution in [0.25, 0.3) is 0 Å². The summed E-state index contributed by atoms with van der Waals surface area (Å²) in [6.45, 7) is 3.50. The number of hydrogen-bond acceptors (Lipinski definition) is 4. The molecule has 1 aliphatic rings. The molecule has 1 rings (SSSR count). The number of carbonyl (C=O) groups is 1. The van der Waals surface area contributed by atoms with Gasteiger partial charge in [-0.25, -0.2) is 0 Å². The first-order valence-corrected chi connectivity index (χ1v) is 4.53. The molecule has 0 aromatic rings. The molecular formula is C9H17NO3. The van der Waals surface area contributed by atoms with Crippen molar-refractivity contribution in [2.45, 2.75) is 13.3 Å². The van der Waals surface area contributed by atoms with Crippen molar-refractivity contribution in [1.29, 1.82) is 0 Å². The zero-order valence-corrected chi connectivity index (χ0v) is 8.21. The summed E-state index contributed by atoms with van der Waals surface area (Å²) in [7, 11) is 1.40. The molecule has 0 radical (unpaired) electrons. The first-order valence-electron chi connectivity index (χ1n) is 4.53. The molecule has 0 amide bonds. The smallest absolute Gasteiger partial charge is 0.313 e. The second kappa shape index (κ2) is 4.07. The Bertz CT molecular complexity index is 195. The second-order valence-electron chi connectivity index (χ2n) is 3.58. The number of methoxy groups -OCH3 is 1. The lowest BCUT2D eigenvalue weighted by molar-refractivity contribution is -0.163. The van der Waals surface area contributed by atoms with E-state index < -0.39 is 5.41 Å². The third kappa shape index (κ3) is 1.69. The third-order valence-corrected chi connectivity index (χ3v) is 2.96. The summed E-state index contributed by atoms with van der Waals surface area (Å²) in [5.74, 6) is -0.0653. The van der Waals surface area contributed by atoms with E-state index in [1.807, 2.05) is 6.92 Å². The lowest BCUT2D eigenvalue weighted by atomic mass is 9.73. The van der Waals surface area contributed by atoms with Gasteiger partial charge in [-0.1, -0.05) is 6.92 Å². The summed E-state index contributed by atoms with van der Waals surface area (Å²) in [5, 5.41) is 0. The van der Waals surface area contributed by atoms with E-state index in [9.17, 15) is 4.79 Å². The quantitative estimate of drug-likeness (QED) is 0.625. The second-order valence-corrected chi connectivity index (χ2v) is 3.58. The average molecular weight is 187 g/mol. The maximum Gasteiger partial charge on any atom is 0.313 e. The summed E-state index contributed by atoms with van der Waals surface area (Å²) in [5.41, 5.74) is 5.13. The van der Waals surface area contributed by atoms with Crippen LogP contribution in [0.5, 0.6) is 0 Å². The fraction of sp³-hybridized carbons (Fsp3) is 0.889. The zero-order valence-electron chi connectivity index (χ0n) is 8.21. The van der Waals surface area contributed by atoms with Gasteiger partial charge in [-0.15, -0.1) is 0 Å². The van der Waals surface area contributed by atoms with Gasteiger partial charge in [0.15, 0.2) is 0 Å². The number of nitrogens with two attached hydrogens (primary N) is 1. The van der Waals surface area contributed by atoms with E-state index in [-0.39, 0.29) is 11.9 Å². The van der Waals surface area contributed by atoms with E-state index in [0.717, 1.165) is 0 Å². The van der Waals surface area contributed by atoms with Gasteiger partial charge in [-0.3, -0.25) is 4.79 Å². The Morgan fingerprint density at radius 2 is 2.46 bits per heavy atom. The van der Waals surface area contributed by atoms with E-state index in [0.29, 0.717) is 26.2 Å². The molecule has 0 spiro atoms. The van der Waals surface area contributed by atoms with Crippen LogP contribution in [-0.4, -0.2) is 32.8 Å². The van der Waals surface area contributed by atoms with Gasteiger partial charge in [-0.05, 0) is 12.3 Å². The van der Waals surface area contributed by atoms with Crippen LogP contribution in [0, 0.1) is 11.3 Å². The van der Waals surface area contributed by atoms with Crippen molar-refractivity contribution >= 4 is 5.97 Å². The van der Waals surface area contributed by atoms with Crippen molar-refractivity contribution in [3.8, 4) is 0 Å². The largest absolute Gasteiger partial charge is 0.469 e. The molecule has 0 aliphatic carbocycles. The van der Waals surface area contributed by atoms with E-state index in [1.54, 1.807) is 0 Å². The van der Waals surface area contributed by atoms with Crippen molar-refractivity contribution in [2.75, 3.05) is 26.9 Å². The van der Waals surface area contributed by atoms with E-state index in [1.165, 1.54) is 7.11 Å². The van der Waals surface area contributed by atoms with Crippen molar-refractivity contribution in [1.82, 2.24) is 0 Å². The number of esters is 1. The number of rotatable bonds is 2. The fourth-order valence-electron chi connectivity index (χ4n) is 1.81. The number of carbonyl (C=O) groups excluding carboxylic acids is 1. The Kier molecular flexibility index (Phi) is 3.27.